The maximum atomic E-state index is 13.8. The molecule has 0 atom stereocenters. The average Bonchev–Trinajstić information content (AvgIpc) is 3.31. The number of rotatable bonds is 6. The average molecular weight is 521 g/mol. The third-order valence-electron chi connectivity index (χ3n) is 6.44. The van der Waals surface area contributed by atoms with Gasteiger partial charge >= 0.3 is 5.97 Å². The van der Waals surface area contributed by atoms with E-state index >= 15 is 0 Å². The molecular formula is C27H25ClN4O3S. The predicted molar refractivity (Wildman–Crippen MR) is 145 cm³/mol. The molecule has 7 nitrogen and oxygen atoms in total. The second-order valence-corrected chi connectivity index (χ2v) is 9.93. The third-order valence-corrected chi connectivity index (χ3v) is 7.70. The van der Waals surface area contributed by atoms with Crippen LogP contribution < -0.4 is 10.2 Å². The Balaban J connectivity index is 1.46. The molecule has 0 aliphatic carbocycles. The molecule has 5 rings (SSSR count). The number of nitrogens with zero attached hydrogens (tertiary/aromatic N) is 3. The van der Waals surface area contributed by atoms with Gasteiger partial charge in [-0.15, -0.1) is 11.3 Å². The number of halogens is 1. The molecule has 0 spiro atoms. The largest absolute Gasteiger partial charge is 0.478 e. The summed E-state index contributed by atoms with van der Waals surface area (Å²) >= 11 is 7.83. The van der Waals surface area contributed by atoms with Crippen LogP contribution in [0.4, 0.5) is 11.4 Å². The van der Waals surface area contributed by atoms with Crippen molar-refractivity contribution in [3.8, 4) is 0 Å². The molecule has 1 aliphatic rings. The number of hydrogen-bond acceptors (Lipinski definition) is 6. The van der Waals surface area contributed by atoms with Crippen LogP contribution in [0.1, 0.15) is 31.8 Å². The molecule has 3 heterocycles. The summed E-state index contributed by atoms with van der Waals surface area (Å²) in [4.78, 5) is 34.0. The standard InChI is InChI=1S/C27H25ClN4O3S/c1-17-7-5-6-10-20(17)31-11-13-32(14-12-31)26(33)21-23(29-15-18-8-3-2-4-9-18)24-22(30-25(21)28)19(16-36-24)27(34)35/h2-10,16H,11-15H2,1H3,(H,29,30)(H,34,35). The van der Waals surface area contributed by atoms with Crippen molar-refractivity contribution in [3.63, 3.8) is 0 Å². The molecule has 184 valence electrons. The first-order valence-corrected chi connectivity index (χ1v) is 12.9. The number of amides is 1. The molecule has 0 bridgehead atoms. The maximum Gasteiger partial charge on any atom is 0.338 e. The number of carbonyl (C=O) groups is 2. The molecule has 36 heavy (non-hydrogen) atoms. The van der Waals surface area contributed by atoms with Crippen LogP contribution in [0.2, 0.25) is 5.15 Å². The van der Waals surface area contributed by atoms with Crippen LogP contribution in [-0.2, 0) is 6.54 Å². The number of aromatic nitrogens is 1. The Bertz CT molecular complexity index is 1430. The van der Waals surface area contributed by atoms with Gasteiger partial charge in [0, 0.05) is 43.8 Å². The monoisotopic (exact) mass is 520 g/mol. The van der Waals surface area contributed by atoms with Crippen LogP contribution in [0, 0.1) is 6.92 Å². The topological polar surface area (TPSA) is 85.8 Å². The molecule has 0 radical (unpaired) electrons. The minimum Gasteiger partial charge on any atom is -0.478 e. The van der Waals surface area contributed by atoms with Gasteiger partial charge in [0.25, 0.3) is 5.91 Å². The van der Waals surface area contributed by atoms with Gasteiger partial charge in [0.1, 0.15) is 10.7 Å². The summed E-state index contributed by atoms with van der Waals surface area (Å²) in [5.41, 5.74) is 4.57. The van der Waals surface area contributed by atoms with Gasteiger partial charge in [-0.05, 0) is 24.1 Å². The lowest BCUT2D eigenvalue weighted by Gasteiger charge is -2.37. The minimum atomic E-state index is -1.08. The van der Waals surface area contributed by atoms with Crippen LogP contribution in [0.5, 0.6) is 0 Å². The Hall–Kier alpha value is -3.62. The molecule has 1 saturated heterocycles. The van der Waals surface area contributed by atoms with Gasteiger partial charge in [0.15, 0.2) is 0 Å². The Kier molecular flexibility index (Phi) is 6.80. The van der Waals surface area contributed by atoms with E-state index < -0.39 is 5.97 Å². The lowest BCUT2D eigenvalue weighted by Crippen LogP contribution is -2.49. The zero-order valence-corrected chi connectivity index (χ0v) is 21.3. The van der Waals surface area contributed by atoms with Crippen LogP contribution in [0.3, 0.4) is 0 Å². The highest BCUT2D eigenvalue weighted by Gasteiger charge is 2.30. The fraction of sp³-hybridized carbons (Fsp3) is 0.222. The summed E-state index contributed by atoms with van der Waals surface area (Å²) in [6, 6.07) is 18.0. The van der Waals surface area contributed by atoms with Crippen molar-refractivity contribution in [1.29, 1.82) is 0 Å². The summed E-state index contributed by atoms with van der Waals surface area (Å²) in [5, 5.41) is 14.5. The van der Waals surface area contributed by atoms with Gasteiger partial charge in [-0.25, -0.2) is 9.78 Å². The van der Waals surface area contributed by atoms with Gasteiger partial charge in [0.05, 0.1) is 21.5 Å². The van der Waals surface area contributed by atoms with E-state index in [1.165, 1.54) is 22.6 Å². The fourth-order valence-electron chi connectivity index (χ4n) is 4.54. The zero-order chi connectivity index (χ0) is 25.2. The Labute approximate surface area is 217 Å². The Morgan fingerprint density at radius 3 is 2.44 bits per heavy atom. The molecule has 1 fully saturated rings. The molecule has 4 aromatic rings. The van der Waals surface area contributed by atoms with Crippen molar-refractivity contribution < 1.29 is 14.7 Å². The number of carboxylic acid groups (broad SMARTS) is 1. The summed E-state index contributed by atoms with van der Waals surface area (Å²) < 4.78 is 0.606. The number of aromatic carboxylic acids is 1. The highest BCUT2D eigenvalue weighted by atomic mass is 35.5. The molecule has 9 heteroatoms. The quantitative estimate of drug-likeness (QED) is 0.325. The number of para-hydroxylation sites is 1. The predicted octanol–water partition coefficient (Wildman–Crippen LogP) is 5.53. The normalized spacial score (nSPS) is 13.7. The number of pyridine rings is 1. The lowest BCUT2D eigenvalue weighted by molar-refractivity contribution is 0.0698. The number of thiophene rings is 1. The molecule has 1 amide bonds. The third kappa shape index (κ3) is 4.62. The van der Waals surface area contributed by atoms with E-state index in [1.54, 1.807) is 10.3 Å². The first-order valence-electron chi connectivity index (χ1n) is 11.7. The number of aryl methyl sites for hydroxylation is 1. The van der Waals surface area contributed by atoms with Crippen molar-refractivity contribution in [3.05, 3.63) is 87.4 Å². The van der Waals surface area contributed by atoms with Crippen molar-refractivity contribution >= 4 is 56.4 Å². The number of carboxylic acids is 1. The van der Waals surface area contributed by atoms with Gasteiger partial charge in [0.2, 0.25) is 0 Å². The number of carbonyl (C=O) groups excluding carboxylic acids is 1. The SMILES string of the molecule is Cc1ccccc1N1CCN(C(=O)c2c(Cl)nc3c(C(=O)O)csc3c2NCc2ccccc2)CC1. The van der Waals surface area contributed by atoms with E-state index in [4.69, 9.17) is 11.6 Å². The first-order chi connectivity index (χ1) is 17.4. The molecular weight excluding hydrogens is 496 g/mol. The van der Waals surface area contributed by atoms with Gasteiger partial charge in [-0.3, -0.25) is 4.79 Å². The smallest absolute Gasteiger partial charge is 0.338 e. The van der Waals surface area contributed by atoms with Crippen molar-refractivity contribution in [2.45, 2.75) is 13.5 Å². The lowest BCUT2D eigenvalue weighted by atomic mass is 10.1. The van der Waals surface area contributed by atoms with E-state index in [2.05, 4.69) is 34.3 Å². The Morgan fingerprint density at radius 2 is 1.75 bits per heavy atom. The number of piperazine rings is 1. The number of hydrogen-bond donors (Lipinski definition) is 2. The maximum absolute atomic E-state index is 13.8. The van der Waals surface area contributed by atoms with Gasteiger partial charge in [-0.1, -0.05) is 60.1 Å². The van der Waals surface area contributed by atoms with Crippen molar-refractivity contribution in [1.82, 2.24) is 9.88 Å². The van der Waals surface area contributed by atoms with E-state index in [1.807, 2.05) is 42.5 Å². The first kappa shape index (κ1) is 24.1. The van der Waals surface area contributed by atoms with E-state index in [9.17, 15) is 14.7 Å². The molecule has 0 saturated carbocycles. The highest BCUT2D eigenvalue weighted by molar-refractivity contribution is 7.18. The number of fused-ring (bicyclic) bond motifs is 1. The van der Waals surface area contributed by atoms with E-state index in [0.717, 1.165) is 5.56 Å². The van der Waals surface area contributed by atoms with Crippen LogP contribution >= 0.6 is 22.9 Å². The zero-order valence-electron chi connectivity index (χ0n) is 19.7. The molecule has 1 aliphatic heterocycles. The molecule has 0 unspecified atom stereocenters. The number of benzene rings is 2. The Morgan fingerprint density at radius 1 is 1.06 bits per heavy atom. The number of anilines is 2. The van der Waals surface area contributed by atoms with Crippen molar-refractivity contribution in [2.24, 2.45) is 0 Å². The van der Waals surface area contributed by atoms with Crippen LogP contribution in [0.25, 0.3) is 10.2 Å². The molecule has 2 aromatic heterocycles. The number of nitrogens with one attached hydrogen (secondary N) is 1. The summed E-state index contributed by atoms with van der Waals surface area (Å²) in [5.74, 6) is -1.29. The summed E-state index contributed by atoms with van der Waals surface area (Å²) in [6.45, 7) is 5.05. The van der Waals surface area contributed by atoms with E-state index in [0.29, 0.717) is 43.1 Å². The second kappa shape index (κ2) is 10.2. The summed E-state index contributed by atoms with van der Waals surface area (Å²) in [7, 11) is 0. The van der Waals surface area contributed by atoms with Gasteiger partial charge in [-0.2, -0.15) is 0 Å². The molecule has 2 N–H and O–H groups in total. The fourth-order valence-corrected chi connectivity index (χ4v) is 5.81. The summed E-state index contributed by atoms with van der Waals surface area (Å²) in [6.07, 6.45) is 0. The second-order valence-electron chi connectivity index (χ2n) is 8.69. The van der Waals surface area contributed by atoms with E-state index in [-0.39, 0.29) is 27.7 Å². The minimum absolute atomic E-state index is 0.00490. The highest BCUT2D eigenvalue weighted by Crippen LogP contribution is 2.38. The molecule has 2 aromatic carbocycles. The van der Waals surface area contributed by atoms with Crippen LogP contribution in [0.15, 0.2) is 60.0 Å². The van der Waals surface area contributed by atoms with Gasteiger partial charge < -0.3 is 20.2 Å². The van der Waals surface area contributed by atoms with Crippen LogP contribution in [-0.4, -0.2) is 53.0 Å². The van der Waals surface area contributed by atoms with Crippen molar-refractivity contribution in [2.75, 3.05) is 36.4 Å².